The molecule has 2 aromatic carbocycles. The minimum atomic E-state index is -0.291. The van der Waals surface area contributed by atoms with Gasteiger partial charge in [-0.05, 0) is 61.8 Å². The van der Waals surface area contributed by atoms with Crippen LogP contribution >= 0.6 is 0 Å². The summed E-state index contributed by atoms with van der Waals surface area (Å²) >= 11 is 0. The minimum absolute atomic E-state index is 0.291. The Bertz CT molecular complexity index is 980. The second-order valence-electron chi connectivity index (χ2n) is 8.48. The zero-order valence-corrected chi connectivity index (χ0v) is 20.6. The van der Waals surface area contributed by atoms with Gasteiger partial charge in [0, 0.05) is 22.3 Å². The minimum Gasteiger partial charge on any atom is -0.206 e. The standard InChI is InChI=1S/C32H36F2/c1-3-5-7-9-11-13-19-29-23-21-27(25-31(29)33)17-15-16-18-28-22-24-30(32(34)26-28)20-14-12-10-8-6-4-2/h13-14,19-26H,3-12H2,1-2H3/b19-13+,20-14+. The second kappa shape index (κ2) is 16.5. The number of allylic oxidation sites excluding steroid dienone is 2. The molecule has 34 heavy (non-hydrogen) atoms. The van der Waals surface area contributed by atoms with Crippen LogP contribution in [0, 0.1) is 35.3 Å². The van der Waals surface area contributed by atoms with Crippen LogP contribution in [0.25, 0.3) is 12.2 Å². The topological polar surface area (TPSA) is 0 Å². The number of hydrogen-bond acceptors (Lipinski definition) is 0. The largest absolute Gasteiger partial charge is 0.206 e. The third-order valence-electron chi connectivity index (χ3n) is 5.52. The van der Waals surface area contributed by atoms with E-state index in [0.29, 0.717) is 22.3 Å². The van der Waals surface area contributed by atoms with Crippen LogP contribution in [-0.4, -0.2) is 0 Å². The Morgan fingerprint density at radius 2 is 1.06 bits per heavy atom. The number of rotatable bonds is 12. The zero-order valence-electron chi connectivity index (χ0n) is 20.6. The van der Waals surface area contributed by atoms with Crippen molar-refractivity contribution in [1.82, 2.24) is 0 Å². The molecule has 0 aliphatic carbocycles. The van der Waals surface area contributed by atoms with Gasteiger partial charge in [0.15, 0.2) is 0 Å². The molecule has 0 saturated carbocycles. The van der Waals surface area contributed by atoms with Gasteiger partial charge in [-0.25, -0.2) is 8.78 Å². The Hall–Kier alpha value is -3.10. The highest BCUT2D eigenvalue weighted by Crippen LogP contribution is 2.14. The predicted octanol–water partition coefficient (Wildman–Crippen LogP) is 9.34. The van der Waals surface area contributed by atoms with Crippen molar-refractivity contribution < 1.29 is 8.78 Å². The maximum Gasteiger partial charge on any atom is 0.131 e. The van der Waals surface area contributed by atoms with Gasteiger partial charge in [0.2, 0.25) is 0 Å². The lowest BCUT2D eigenvalue weighted by atomic mass is 10.1. The number of benzene rings is 2. The number of halogens is 2. The van der Waals surface area contributed by atoms with Crippen LogP contribution in [-0.2, 0) is 0 Å². The van der Waals surface area contributed by atoms with Gasteiger partial charge in [0.05, 0.1) is 0 Å². The van der Waals surface area contributed by atoms with Gasteiger partial charge in [-0.15, -0.1) is 0 Å². The van der Waals surface area contributed by atoms with Gasteiger partial charge in [-0.3, -0.25) is 0 Å². The van der Waals surface area contributed by atoms with Gasteiger partial charge in [-0.1, -0.05) is 101 Å². The summed E-state index contributed by atoms with van der Waals surface area (Å²) in [5.41, 5.74) is 2.27. The fraction of sp³-hybridized carbons (Fsp3) is 0.375. The van der Waals surface area contributed by atoms with Crippen molar-refractivity contribution >= 4 is 12.2 Å². The molecule has 0 heterocycles. The van der Waals surface area contributed by atoms with Gasteiger partial charge in [0.25, 0.3) is 0 Å². The molecule has 2 rings (SSSR count). The second-order valence-corrected chi connectivity index (χ2v) is 8.48. The highest BCUT2D eigenvalue weighted by Gasteiger charge is 2.00. The molecule has 0 aromatic heterocycles. The van der Waals surface area contributed by atoms with E-state index >= 15 is 0 Å². The first-order valence-corrected chi connectivity index (χ1v) is 12.6. The summed E-state index contributed by atoms with van der Waals surface area (Å²) < 4.78 is 28.6. The molecule has 0 nitrogen and oxygen atoms in total. The van der Waals surface area contributed by atoms with Gasteiger partial charge in [0.1, 0.15) is 11.6 Å². The quantitative estimate of drug-likeness (QED) is 0.219. The smallest absolute Gasteiger partial charge is 0.131 e. The van der Waals surface area contributed by atoms with E-state index in [2.05, 4.69) is 37.5 Å². The van der Waals surface area contributed by atoms with Crippen LogP contribution in [0.15, 0.2) is 48.6 Å². The first-order chi connectivity index (χ1) is 16.6. The molecule has 0 atom stereocenters. The maximum atomic E-state index is 14.3. The van der Waals surface area contributed by atoms with E-state index in [1.54, 1.807) is 24.3 Å². The number of hydrogen-bond donors (Lipinski definition) is 0. The maximum absolute atomic E-state index is 14.3. The van der Waals surface area contributed by atoms with Crippen molar-refractivity contribution in [3.63, 3.8) is 0 Å². The average Bonchev–Trinajstić information content (AvgIpc) is 2.83. The molecule has 0 amide bonds. The van der Waals surface area contributed by atoms with E-state index in [4.69, 9.17) is 0 Å². The summed E-state index contributed by atoms with van der Waals surface area (Å²) in [4.78, 5) is 0. The Morgan fingerprint density at radius 1 is 0.618 bits per heavy atom. The van der Waals surface area contributed by atoms with Gasteiger partial charge < -0.3 is 0 Å². The van der Waals surface area contributed by atoms with E-state index in [1.165, 1.54) is 50.7 Å². The zero-order chi connectivity index (χ0) is 24.4. The van der Waals surface area contributed by atoms with Crippen LogP contribution in [0.4, 0.5) is 8.78 Å². The van der Waals surface area contributed by atoms with Crippen LogP contribution in [0.3, 0.4) is 0 Å². The third-order valence-corrected chi connectivity index (χ3v) is 5.52. The fourth-order valence-corrected chi connectivity index (χ4v) is 3.49. The normalized spacial score (nSPS) is 10.8. The van der Waals surface area contributed by atoms with Gasteiger partial charge >= 0.3 is 0 Å². The Balaban J connectivity index is 1.90. The molecular formula is C32H36F2. The number of unbranched alkanes of at least 4 members (excludes halogenated alkanes) is 8. The van der Waals surface area contributed by atoms with Crippen molar-refractivity contribution in [3.8, 4) is 23.7 Å². The predicted molar refractivity (Wildman–Crippen MR) is 142 cm³/mol. The van der Waals surface area contributed by atoms with E-state index in [1.807, 2.05) is 24.3 Å². The molecule has 0 radical (unpaired) electrons. The molecule has 0 aliphatic rings. The van der Waals surface area contributed by atoms with Crippen molar-refractivity contribution in [1.29, 1.82) is 0 Å². The van der Waals surface area contributed by atoms with Gasteiger partial charge in [-0.2, -0.15) is 0 Å². The molecule has 0 fully saturated rings. The molecule has 0 aliphatic heterocycles. The Kier molecular flexibility index (Phi) is 13.2. The summed E-state index contributed by atoms with van der Waals surface area (Å²) in [6, 6.07) is 9.90. The van der Waals surface area contributed by atoms with Crippen molar-refractivity contribution in [3.05, 3.63) is 82.4 Å². The molecule has 0 bridgehead atoms. The van der Waals surface area contributed by atoms with Crippen molar-refractivity contribution in [2.24, 2.45) is 0 Å². The molecule has 0 unspecified atom stereocenters. The van der Waals surface area contributed by atoms with E-state index in [-0.39, 0.29) is 11.6 Å². The van der Waals surface area contributed by atoms with Crippen LogP contribution in [0.2, 0.25) is 0 Å². The SMILES string of the molecule is CCCCCC/C=C/c1ccc(C#CC#Cc2ccc(/C=C/CCCCCC)c(F)c2)cc1F. The highest BCUT2D eigenvalue weighted by atomic mass is 19.1. The summed E-state index contributed by atoms with van der Waals surface area (Å²) in [7, 11) is 0. The van der Waals surface area contributed by atoms with E-state index < -0.39 is 0 Å². The molecule has 0 N–H and O–H groups in total. The summed E-state index contributed by atoms with van der Waals surface area (Å²) in [6.07, 6.45) is 19.3. The average molecular weight is 459 g/mol. The molecule has 178 valence electrons. The van der Waals surface area contributed by atoms with Crippen molar-refractivity contribution in [2.45, 2.75) is 78.1 Å². The van der Waals surface area contributed by atoms with Crippen molar-refractivity contribution in [2.75, 3.05) is 0 Å². The van der Waals surface area contributed by atoms with E-state index in [9.17, 15) is 8.78 Å². The van der Waals surface area contributed by atoms with Crippen LogP contribution in [0.5, 0.6) is 0 Å². The lowest BCUT2D eigenvalue weighted by molar-refractivity contribution is 0.624. The van der Waals surface area contributed by atoms with Crippen LogP contribution < -0.4 is 0 Å². The van der Waals surface area contributed by atoms with Crippen LogP contribution in [0.1, 0.15) is 100 Å². The van der Waals surface area contributed by atoms with E-state index in [0.717, 1.165) is 25.7 Å². The fourth-order valence-electron chi connectivity index (χ4n) is 3.49. The molecule has 2 heteroatoms. The molecule has 0 spiro atoms. The Labute approximate surface area is 205 Å². The molecular weight excluding hydrogens is 422 g/mol. The first kappa shape index (κ1) is 27.1. The molecule has 0 saturated heterocycles. The lowest BCUT2D eigenvalue weighted by Crippen LogP contribution is -1.85. The first-order valence-electron chi connectivity index (χ1n) is 12.6. The molecule has 2 aromatic rings. The monoisotopic (exact) mass is 458 g/mol. The lowest BCUT2D eigenvalue weighted by Gasteiger charge is -1.99. The summed E-state index contributed by atoms with van der Waals surface area (Å²) in [6.45, 7) is 4.38. The summed E-state index contributed by atoms with van der Waals surface area (Å²) in [5.74, 6) is 10.6. The highest BCUT2D eigenvalue weighted by molar-refractivity contribution is 5.54. The Morgan fingerprint density at radius 3 is 1.44 bits per heavy atom. The summed E-state index contributed by atoms with van der Waals surface area (Å²) in [5, 5.41) is 0. The third kappa shape index (κ3) is 10.7.